The molecule has 1 aromatic rings. The van der Waals surface area contributed by atoms with Gasteiger partial charge in [-0.15, -0.1) is 0 Å². The smallest absolute Gasteiger partial charge is 0.222 e. The van der Waals surface area contributed by atoms with Gasteiger partial charge in [-0.1, -0.05) is 30.3 Å². The van der Waals surface area contributed by atoms with E-state index in [2.05, 4.69) is 40.1 Å². The first-order chi connectivity index (χ1) is 11.3. The second-order valence-corrected chi connectivity index (χ2v) is 6.74. The predicted octanol–water partition coefficient (Wildman–Crippen LogP) is 2.54. The van der Waals surface area contributed by atoms with E-state index in [1.807, 2.05) is 0 Å². The summed E-state index contributed by atoms with van der Waals surface area (Å²) in [5.41, 5.74) is 1.35. The van der Waals surface area contributed by atoms with Gasteiger partial charge < -0.3 is 9.64 Å². The summed E-state index contributed by atoms with van der Waals surface area (Å²) in [7, 11) is 0. The summed E-state index contributed by atoms with van der Waals surface area (Å²) in [4.78, 5) is 16.9. The molecule has 1 amide bonds. The second-order valence-electron chi connectivity index (χ2n) is 6.74. The number of hydrogen-bond acceptors (Lipinski definition) is 3. The Bertz CT molecular complexity index is 477. The van der Waals surface area contributed by atoms with E-state index in [4.69, 9.17) is 4.74 Å². The molecule has 4 heteroatoms. The Morgan fingerprint density at radius 3 is 2.43 bits per heavy atom. The fourth-order valence-corrected chi connectivity index (χ4v) is 3.52. The Morgan fingerprint density at radius 1 is 1.04 bits per heavy atom. The molecule has 0 aromatic heterocycles. The average molecular weight is 316 g/mol. The highest BCUT2D eigenvalue weighted by atomic mass is 16.5. The number of nitrogens with zero attached hydrogens (tertiary/aromatic N) is 2. The van der Waals surface area contributed by atoms with Crippen molar-refractivity contribution in [1.82, 2.24) is 9.80 Å². The lowest BCUT2D eigenvalue weighted by Gasteiger charge is -2.35. The number of carbonyl (C=O) groups excluding carboxylic acids is 1. The van der Waals surface area contributed by atoms with Crippen LogP contribution in [0.4, 0.5) is 0 Å². The molecular weight excluding hydrogens is 288 g/mol. The van der Waals surface area contributed by atoms with E-state index in [0.29, 0.717) is 18.2 Å². The van der Waals surface area contributed by atoms with Gasteiger partial charge in [-0.25, -0.2) is 0 Å². The van der Waals surface area contributed by atoms with Crippen LogP contribution in [-0.4, -0.2) is 55.1 Å². The van der Waals surface area contributed by atoms with Gasteiger partial charge in [-0.05, 0) is 30.7 Å². The molecule has 2 fully saturated rings. The van der Waals surface area contributed by atoms with E-state index in [0.717, 1.165) is 65.2 Å². The number of carbonyl (C=O) groups is 1. The van der Waals surface area contributed by atoms with Gasteiger partial charge >= 0.3 is 0 Å². The van der Waals surface area contributed by atoms with Crippen LogP contribution in [0.15, 0.2) is 30.3 Å². The van der Waals surface area contributed by atoms with Crippen molar-refractivity contribution >= 4 is 5.91 Å². The third kappa shape index (κ3) is 5.05. The lowest BCUT2D eigenvalue weighted by molar-refractivity contribution is -0.133. The highest BCUT2D eigenvalue weighted by molar-refractivity contribution is 5.76. The van der Waals surface area contributed by atoms with E-state index in [1.54, 1.807) is 0 Å². The van der Waals surface area contributed by atoms with Crippen molar-refractivity contribution in [3.63, 3.8) is 0 Å². The number of amides is 1. The summed E-state index contributed by atoms with van der Waals surface area (Å²) in [5.74, 6) is 1.03. The molecular formula is C19H28N2O2. The molecule has 0 radical (unpaired) electrons. The number of ether oxygens (including phenoxy) is 1. The maximum absolute atomic E-state index is 12.4. The first kappa shape index (κ1) is 16.5. The minimum atomic E-state index is 0.343. The van der Waals surface area contributed by atoms with Gasteiger partial charge in [0.05, 0.1) is 0 Å². The van der Waals surface area contributed by atoms with Gasteiger partial charge in [0.2, 0.25) is 5.91 Å². The van der Waals surface area contributed by atoms with Crippen molar-refractivity contribution in [2.75, 3.05) is 39.4 Å². The molecule has 1 aromatic carbocycles. The topological polar surface area (TPSA) is 32.8 Å². The standard InChI is InChI=1S/C19H28N2O2/c22-19(7-6-17-8-14-23-15-9-17)21-12-10-20(11-13-21)16-18-4-2-1-3-5-18/h1-5,17H,6-16H2. The number of hydrogen-bond donors (Lipinski definition) is 0. The molecule has 0 unspecified atom stereocenters. The van der Waals surface area contributed by atoms with Crippen molar-refractivity contribution in [2.45, 2.75) is 32.2 Å². The van der Waals surface area contributed by atoms with Gasteiger partial charge in [-0.3, -0.25) is 9.69 Å². The third-order valence-electron chi connectivity index (χ3n) is 5.08. The summed E-state index contributed by atoms with van der Waals surface area (Å²) >= 11 is 0. The Balaban J connectivity index is 1.37. The van der Waals surface area contributed by atoms with Crippen molar-refractivity contribution in [1.29, 1.82) is 0 Å². The van der Waals surface area contributed by atoms with E-state index in [1.165, 1.54) is 5.56 Å². The Kier molecular flexibility index (Phi) is 6.06. The Hall–Kier alpha value is -1.39. The molecule has 3 rings (SSSR count). The zero-order chi connectivity index (χ0) is 15.9. The molecule has 2 aliphatic heterocycles. The van der Waals surface area contributed by atoms with Crippen LogP contribution in [0.1, 0.15) is 31.2 Å². The summed E-state index contributed by atoms with van der Waals surface area (Å²) in [6.45, 7) is 6.45. The molecule has 0 bridgehead atoms. The minimum absolute atomic E-state index is 0.343. The van der Waals surface area contributed by atoms with Crippen molar-refractivity contribution in [3.8, 4) is 0 Å². The van der Waals surface area contributed by atoms with Crippen LogP contribution in [0.5, 0.6) is 0 Å². The van der Waals surface area contributed by atoms with Gasteiger partial charge in [0.1, 0.15) is 0 Å². The molecule has 4 nitrogen and oxygen atoms in total. The normalized spacial score (nSPS) is 20.6. The lowest BCUT2D eigenvalue weighted by atomic mass is 9.94. The van der Waals surface area contributed by atoms with Crippen molar-refractivity contribution in [3.05, 3.63) is 35.9 Å². The molecule has 0 spiro atoms. The SMILES string of the molecule is O=C(CCC1CCOCC1)N1CCN(Cc2ccccc2)CC1. The van der Waals surface area contributed by atoms with Crippen LogP contribution in [0.2, 0.25) is 0 Å². The fourth-order valence-electron chi connectivity index (χ4n) is 3.52. The van der Waals surface area contributed by atoms with Crippen LogP contribution >= 0.6 is 0 Å². The Morgan fingerprint density at radius 2 is 1.74 bits per heavy atom. The van der Waals surface area contributed by atoms with Crippen molar-refractivity contribution < 1.29 is 9.53 Å². The van der Waals surface area contributed by atoms with E-state index < -0.39 is 0 Å². The molecule has 2 heterocycles. The van der Waals surface area contributed by atoms with Crippen molar-refractivity contribution in [2.24, 2.45) is 5.92 Å². The molecule has 0 N–H and O–H groups in total. The summed E-state index contributed by atoms with van der Waals surface area (Å²) < 4.78 is 5.38. The zero-order valence-corrected chi connectivity index (χ0v) is 14.0. The van der Waals surface area contributed by atoms with E-state index in [-0.39, 0.29) is 0 Å². The largest absolute Gasteiger partial charge is 0.381 e. The molecule has 0 atom stereocenters. The molecule has 2 aliphatic rings. The van der Waals surface area contributed by atoms with Crippen LogP contribution in [0, 0.1) is 5.92 Å². The monoisotopic (exact) mass is 316 g/mol. The fraction of sp³-hybridized carbons (Fsp3) is 0.632. The number of rotatable bonds is 5. The van der Waals surface area contributed by atoms with E-state index >= 15 is 0 Å². The maximum Gasteiger partial charge on any atom is 0.222 e. The predicted molar refractivity (Wildman–Crippen MR) is 91.1 cm³/mol. The van der Waals surface area contributed by atoms with Gasteiger partial charge in [-0.2, -0.15) is 0 Å². The summed E-state index contributed by atoms with van der Waals surface area (Å²) in [5, 5.41) is 0. The number of piperazine rings is 1. The van der Waals surface area contributed by atoms with Gasteiger partial charge in [0.25, 0.3) is 0 Å². The molecule has 0 aliphatic carbocycles. The molecule has 23 heavy (non-hydrogen) atoms. The highest BCUT2D eigenvalue weighted by Crippen LogP contribution is 2.20. The van der Waals surface area contributed by atoms with Crippen LogP contribution in [0.3, 0.4) is 0 Å². The molecule has 0 saturated carbocycles. The third-order valence-corrected chi connectivity index (χ3v) is 5.08. The van der Waals surface area contributed by atoms with Crippen LogP contribution in [-0.2, 0) is 16.1 Å². The first-order valence-electron chi connectivity index (χ1n) is 8.93. The van der Waals surface area contributed by atoms with E-state index in [9.17, 15) is 4.79 Å². The Labute approximate surface area is 139 Å². The van der Waals surface area contributed by atoms with Gasteiger partial charge in [0.15, 0.2) is 0 Å². The van der Waals surface area contributed by atoms with Crippen LogP contribution in [0.25, 0.3) is 0 Å². The van der Waals surface area contributed by atoms with Gasteiger partial charge in [0, 0.05) is 52.4 Å². The lowest BCUT2D eigenvalue weighted by Crippen LogP contribution is -2.48. The summed E-state index contributed by atoms with van der Waals surface area (Å²) in [6.07, 6.45) is 3.99. The highest BCUT2D eigenvalue weighted by Gasteiger charge is 2.22. The second kappa shape index (κ2) is 8.46. The minimum Gasteiger partial charge on any atom is -0.381 e. The summed E-state index contributed by atoms with van der Waals surface area (Å²) in [6, 6.07) is 10.6. The molecule has 2 saturated heterocycles. The average Bonchev–Trinajstić information content (AvgIpc) is 2.62. The molecule has 126 valence electrons. The first-order valence-corrected chi connectivity index (χ1v) is 8.93. The quantitative estimate of drug-likeness (QED) is 0.837. The van der Waals surface area contributed by atoms with Crippen LogP contribution < -0.4 is 0 Å². The zero-order valence-electron chi connectivity index (χ0n) is 14.0. The number of benzene rings is 1. The maximum atomic E-state index is 12.4.